The maximum absolute atomic E-state index is 13.9. The molecule has 0 spiro atoms. The molecular weight excluding hydrogens is 597 g/mol. The molecule has 0 aliphatic rings. The Morgan fingerprint density at radius 3 is 1.27 bits per heavy atom. The van der Waals surface area contributed by atoms with Crippen LogP contribution in [0.25, 0.3) is 0 Å². The first-order chi connectivity index (χ1) is 19.6. The topological polar surface area (TPSA) is 158 Å². The van der Waals surface area contributed by atoms with Gasteiger partial charge in [-0.3, -0.25) is 14.4 Å². The largest absolute Gasteiger partial charge is 0.467 e. The summed E-state index contributed by atoms with van der Waals surface area (Å²) in [7, 11) is -3.40. The van der Waals surface area contributed by atoms with E-state index in [1.165, 1.54) is 7.11 Å². The SMILES string of the molecule is COC(=O)[C@@H](NC(=O)[C@@H](NC(=O)[C@@H](NC(=O)[C@@H](N)C(C)C)[C@@H](C)O[Si](C)(C)C(C)(C)C)C(C)C)[C@@H](C)O[Si](C)(C)C(C)(C)C. The molecule has 0 aromatic rings. The Kier molecular flexibility index (Phi) is 15.5. The van der Waals surface area contributed by atoms with Crippen LogP contribution in [0.5, 0.6) is 0 Å². The van der Waals surface area contributed by atoms with Crippen LogP contribution in [-0.4, -0.2) is 83.8 Å². The highest BCUT2D eigenvalue weighted by Gasteiger charge is 2.44. The van der Waals surface area contributed by atoms with Crippen LogP contribution in [0.2, 0.25) is 36.3 Å². The Balaban J connectivity index is 6.30. The van der Waals surface area contributed by atoms with Gasteiger partial charge in [0.2, 0.25) is 17.7 Å². The van der Waals surface area contributed by atoms with Gasteiger partial charge in [-0.25, -0.2) is 4.79 Å². The van der Waals surface area contributed by atoms with E-state index in [-0.39, 0.29) is 21.9 Å². The van der Waals surface area contributed by atoms with Gasteiger partial charge in [-0.15, -0.1) is 0 Å². The lowest BCUT2D eigenvalue weighted by Crippen LogP contribution is -2.63. The third-order valence-electron chi connectivity index (χ3n) is 9.11. The molecule has 0 fully saturated rings. The van der Waals surface area contributed by atoms with Gasteiger partial charge in [0.15, 0.2) is 22.7 Å². The normalized spacial score (nSPS) is 17.3. The summed E-state index contributed by atoms with van der Waals surface area (Å²) < 4.78 is 17.9. The molecule has 0 aromatic carbocycles. The van der Waals surface area contributed by atoms with Gasteiger partial charge in [0.1, 0.15) is 12.1 Å². The lowest BCUT2D eigenvalue weighted by molar-refractivity contribution is -0.148. The number of carbonyl (C=O) groups is 4. The van der Waals surface area contributed by atoms with Gasteiger partial charge in [0, 0.05) is 0 Å². The van der Waals surface area contributed by atoms with Gasteiger partial charge in [-0.2, -0.15) is 0 Å². The molecule has 0 saturated heterocycles. The molecule has 0 aromatic heterocycles. The Morgan fingerprint density at radius 1 is 0.591 bits per heavy atom. The van der Waals surface area contributed by atoms with E-state index >= 15 is 0 Å². The van der Waals surface area contributed by atoms with Crippen LogP contribution in [0.3, 0.4) is 0 Å². The van der Waals surface area contributed by atoms with Crippen molar-refractivity contribution in [2.45, 2.75) is 156 Å². The van der Waals surface area contributed by atoms with Crippen LogP contribution >= 0.6 is 0 Å². The minimum absolute atomic E-state index is 0.124. The van der Waals surface area contributed by atoms with Crippen molar-refractivity contribution < 1.29 is 32.8 Å². The van der Waals surface area contributed by atoms with E-state index in [4.69, 9.17) is 19.3 Å². The summed E-state index contributed by atoms with van der Waals surface area (Å²) in [6.45, 7) is 31.4. The van der Waals surface area contributed by atoms with E-state index in [9.17, 15) is 19.2 Å². The second-order valence-electron chi connectivity index (χ2n) is 15.7. The van der Waals surface area contributed by atoms with E-state index in [1.54, 1.807) is 27.7 Å². The first-order valence-electron chi connectivity index (χ1n) is 15.7. The second-order valence-corrected chi connectivity index (χ2v) is 25.2. The van der Waals surface area contributed by atoms with Crippen molar-refractivity contribution in [1.29, 1.82) is 0 Å². The highest BCUT2D eigenvalue weighted by atomic mass is 28.4. The first kappa shape index (κ1) is 42.2. The molecule has 11 nitrogen and oxygen atoms in total. The number of rotatable bonds is 15. The van der Waals surface area contributed by atoms with Crippen LogP contribution in [-0.2, 0) is 32.8 Å². The number of nitrogens with one attached hydrogen (secondary N) is 3. The van der Waals surface area contributed by atoms with E-state index in [0.717, 1.165) is 0 Å². The molecule has 0 radical (unpaired) electrons. The maximum atomic E-state index is 13.9. The molecular formula is C31H64N4O7Si2. The Hall–Kier alpha value is -1.81. The fourth-order valence-electron chi connectivity index (χ4n) is 3.88. The van der Waals surface area contributed by atoms with Crippen LogP contribution in [0.4, 0.5) is 0 Å². The lowest BCUT2D eigenvalue weighted by atomic mass is 10.0. The fourth-order valence-corrected chi connectivity index (χ4v) is 6.72. The molecule has 44 heavy (non-hydrogen) atoms. The van der Waals surface area contributed by atoms with Gasteiger partial charge < -0.3 is 35.3 Å². The van der Waals surface area contributed by atoms with Crippen molar-refractivity contribution in [3.8, 4) is 0 Å². The van der Waals surface area contributed by atoms with Crippen molar-refractivity contribution in [2.24, 2.45) is 17.6 Å². The highest BCUT2D eigenvalue weighted by Crippen LogP contribution is 2.38. The molecule has 0 bridgehead atoms. The summed E-state index contributed by atoms with van der Waals surface area (Å²) in [4.78, 5) is 53.4. The van der Waals surface area contributed by atoms with Gasteiger partial charge in [0.25, 0.3) is 0 Å². The first-order valence-corrected chi connectivity index (χ1v) is 21.5. The molecule has 0 aliphatic heterocycles. The van der Waals surface area contributed by atoms with Crippen LogP contribution in [0, 0.1) is 11.8 Å². The zero-order valence-corrected chi connectivity index (χ0v) is 32.6. The number of hydrogen-bond donors (Lipinski definition) is 4. The molecule has 0 unspecified atom stereocenters. The number of hydrogen-bond acceptors (Lipinski definition) is 8. The minimum atomic E-state index is -2.35. The van der Waals surface area contributed by atoms with Crippen molar-refractivity contribution in [3.63, 3.8) is 0 Å². The third-order valence-corrected chi connectivity index (χ3v) is 18.3. The van der Waals surface area contributed by atoms with E-state index in [1.807, 2.05) is 13.8 Å². The van der Waals surface area contributed by atoms with Gasteiger partial charge >= 0.3 is 5.97 Å². The van der Waals surface area contributed by atoms with Gasteiger partial charge in [0.05, 0.1) is 25.4 Å². The van der Waals surface area contributed by atoms with Gasteiger partial charge in [-0.1, -0.05) is 69.2 Å². The van der Waals surface area contributed by atoms with Gasteiger partial charge in [-0.05, 0) is 61.9 Å². The lowest BCUT2D eigenvalue weighted by Gasteiger charge is -2.41. The monoisotopic (exact) mass is 660 g/mol. The average molecular weight is 661 g/mol. The predicted molar refractivity (Wildman–Crippen MR) is 181 cm³/mol. The molecule has 13 heteroatoms. The second kappa shape index (κ2) is 16.1. The minimum Gasteiger partial charge on any atom is -0.467 e. The zero-order chi connectivity index (χ0) is 35.2. The zero-order valence-electron chi connectivity index (χ0n) is 30.6. The van der Waals surface area contributed by atoms with Crippen LogP contribution in [0.15, 0.2) is 0 Å². The number of carbonyl (C=O) groups excluding carboxylic acids is 4. The highest BCUT2D eigenvalue weighted by molar-refractivity contribution is 6.74. The van der Waals surface area contributed by atoms with Crippen LogP contribution < -0.4 is 21.7 Å². The summed E-state index contributed by atoms with van der Waals surface area (Å²) in [6.07, 6.45) is -1.39. The molecule has 6 atom stereocenters. The number of methoxy groups -OCH3 is 1. The molecule has 0 saturated carbocycles. The smallest absolute Gasteiger partial charge is 0.331 e. The number of ether oxygens (including phenoxy) is 1. The standard InChI is InChI=1S/C31H64N4O7Si2/c1-18(2)22(32)26(36)34-24(20(5)41-43(14,15)30(7,8)9)28(38)33-23(19(3)4)27(37)35-25(29(39)40-13)21(6)42-44(16,17)31(10,11)12/h18-25H,32H2,1-17H3,(H,33,38)(H,34,36)(H,35,37)/t20-,21-,22+,23+,24+,25+/m1/s1. The average Bonchev–Trinajstić information content (AvgIpc) is 2.85. The van der Waals surface area contributed by atoms with E-state index in [2.05, 4.69) is 83.7 Å². The van der Waals surface area contributed by atoms with Crippen molar-refractivity contribution in [1.82, 2.24) is 16.0 Å². The maximum Gasteiger partial charge on any atom is 0.331 e. The third kappa shape index (κ3) is 11.8. The van der Waals surface area contributed by atoms with Crippen molar-refractivity contribution in [2.75, 3.05) is 7.11 Å². The molecule has 0 heterocycles. The summed E-state index contributed by atoms with van der Waals surface area (Å²) in [5.41, 5.74) is 6.11. The number of esters is 1. The summed E-state index contributed by atoms with van der Waals surface area (Å²) in [6, 6.07) is -4.08. The quantitative estimate of drug-likeness (QED) is 0.151. The molecule has 258 valence electrons. The Labute approximate surface area is 269 Å². The predicted octanol–water partition coefficient (Wildman–Crippen LogP) is 4.07. The summed E-state index contributed by atoms with van der Waals surface area (Å²) >= 11 is 0. The molecule has 3 amide bonds. The Bertz CT molecular complexity index is 990. The molecule has 5 N–H and O–H groups in total. The van der Waals surface area contributed by atoms with E-state index in [0.29, 0.717) is 0 Å². The number of nitrogens with two attached hydrogens (primary N) is 1. The fraction of sp³-hybridized carbons (Fsp3) is 0.871. The van der Waals surface area contributed by atoms with E-state index < -0.39 is 76.7 Å². The number of amides is 3. The Morgan fingerprint density at radius 2 is 0.932 bits per heavy atom. The summed E-state index contributed by atoms with van der Waals surface area (Å²) in [5, 5.41) is 8.09. The molecule has 0 rings (SSSR count). The van der Waals surface area contributed by atoms with Crippen molar-refractivity contribution in [3.05, 3.63) is 0 Å². The summed E-state index contributed by atoms with van der Waals surface area (Å²) in [5.74, 6) is -2.82. The van der Waals surface area contributed by atoms with Crippen LogP contribution in [0.1, 0.15) is 83.1 Å². The molecule has 0 aliphatic carbocycles. The van der Waals surface area contributed by atoms with Crippen molar-refractivity contribution >= 4 is 40.3 Å².